The Morgan fingerprint density at radius 3 is 2.74 bits per heavy atom. The quantitative estimate of drug-likeness (QED) is 0.557. The normalized spacial score (nSPS) is 10.7. The summed E-state index contributed by atoms with van der Waals surface area (Å²) in [5.74, 6) is 0. The molecule has 0 fully saturated rings. The van der Waals surface area contributed by atoms with E-state index in [-0.39, 0.29) is 5.28 Å². The summed E-state index contributed by atoms with van der Waals surface area (Å²) in [6.07, 6.45) is 4.41. The maximum absolute atomic E-state index is 5.85. The van der Waals surface area contributed by atoms with Crippen LogP contribution in [0.5, 0.6) is 0 Å². The highest BCUT2D eigenvalue weighted by Crippen LogP contribution is 2.19. The average molecular weight is 325 g/mol. The van der Waals surface area contributed by atoms with Gasteiger partial charge in [-0.25, -0.2) is 9.97 Å². The van der Waals surface area contributed by atoms with Crippen molar-refractivity contribution in [1.82, 2.24) is 20.3 Å². The van der Waals surface area contributed by atoms with Crippen molar-refractivity contribution in [2.45, 2.75) is 13.0 Å². The Hall–Kier alpha value is -2.30. The lowest BCUT2D eigenvalue weighted by atomic mass is 10.1. The third-order valence-corrected chi connectivity index (χ3v) is 3.64. The molecule has 5 heteroatoms. The SMILES string of the molecule is Clc1nccc(-c2cccc(CNCCc3ccccn3)c2)n1. The molecule has 0 bridgehead atoms. The van der Waals surface area contributed by atoms with Crippen molar-refractivity contribution in [3.63, 3.8) is 0 Å². The van der Waals surface area contributed by atoms with Gasteiger partial charge in [0, 0.05) is 43.2 Å². The van der Waals surface area contributed by atoms with Gasteiger partial charge < -0.3 is 5.32 Å². The Balaban J connectivity index is 1.58. The second kappa shape index (κ2) is 7.81. The summed E-state index contributed by atoms with van der Waals surface area (Å²) in [6, 6.07) is 16.1. The predicted molar refractivity (Wildman–Crippen MR) is 92.1 cm³/mol. The van der Waals surface area contributed by atoms with Crippen LogP contribution in [0.2, 0.25) is 5.28 Å². The van der Waals surface area contributed by atoms with Crippen molar-refractivity contribution in [1.29, 1.82) is 0 Å². The molecular formula is C18H17ClN4. The van der Waals surface area contributed by atoms with E-state index < -0.39 is 0 Å². The highest BCUT2D eigenvalue weighted by atomic mass is 35.5. The van der Waals surface area contributed by atoms with Gasteiger partial charge in [-0.3, -0.25) is 4.98 Å². The Labute approximate surface area is 140 Å². The van der Waals surface area contributed by atoms with E-state index in [1.165, 1.54) is 5.56 Å². The molecule has 0 saturated carbocycles. The van der Waals surface area contributed by atoms with E-state index in [4.69, 9.17) is 11.6 Å². The summed E-state index contributed by atoms with van der Waals surface area (Å²) in [6.45, 7) is 1.69. The molecule has 0 aliphatic carbocycles. The van der Waals surface area contributed by atoms with Crippen molar-refractivity contribution in [3.05, 3.63) is 77.5 Å². The van der Waals surface area contributed by atoms with Crippen molar-refractivity contribution >= 4 is 11.6 Å². The standard InChI is InChI=1S/C18H17ClN4/c19-18-22-11-8-17(23-18)15-5-3-4-14(12-15)13-20-10-7-16-6-1-2-9-21-16/h1-6,8-9,11-12,20H,7,10,13H2. The van der Waals surface area contributed by atoms with Crippen molar-refractivity contribution in [3.8, 4) is 11.3 Å². The molecule has 1 N–H and O–H groups in total. The summed E-state index contributed by atoms with van der Waals surface area (Å²) in [7, 11) is 0. The van der Waals surface area contributed by atoms with Crippen LogP contribution < -0.4 is 5.32 Å². The van der Waals surface area contributed by atoms with Crippen LogP contribution in [-0.2, 0) is 13.0 Å². The zero-order chi connectivity index (χ0) is 15.9. The molecule has 2 aromatic heterocycles. The van der Waals surface area contributed by atoms with E-state index in [0.29, 0.717) is 0 Å². The molecule has 4 nitrogen and oxygen atoms in total. The van der Waals surface area contributed by atoms with Crippen LogP contribution in [0.3, 0.4) is 0 Å². The lowest BCUT2D eigenvalue weighted by molar-refractivity contribution is 0.680. The lowest BCUT2D eigenvalue weighted by Gasteiger charge is -2.07. The van der Waals surface area contributed by atoms with Gasteiger partial charge in [0.2, 0.25) is 5.28 Å². The van der Waals surface area contributed by atoms with Crippen LogP contribution in [0, 0.1) is 0 Å². The molecular weight excluding hydrogens is 308 g/mol. The Kier molecular flexibility index (Phi) is 5.29. The van der Waals surface area contributed by atoms with Gasteiger partial charge in [0.05, 0.1) is 5.69 Å². The molecule has 3 rings (SSSR count). The Bertz CT molecular complexity index is 762. The summed E-state index contributed by atoms with van der Waals surface area (Å²) in [5.41, 5.74) is 4.18. The van der Waals surface area contributed by atoms with Gasteiger partial charge in [-0.2, -0.15) is 0 Å². The average Bonchev–Trinajstić information content (AvgIpc) is 2.60. The summed E-state index contributed by atoms with van der Waals surface area (Å²) < 4.78 is 0. The molecule has 0 saturated heterocycles. The zero-order valence-electron chi connectivity index (χ0n) is 12.6. The minimum absolute atomic E-state index is 0.265. The van der Waals surface area contributed by atoms with Gasteiger partial charge in [0.25, 0.3) is 0 Å². The molecule has 0 amide bonds. The minimum atomic E-state index is 0.265. The molecule has 23 heavy (non-hydrogen) atoms. The molecule has 0 aliphatic rings. The van der Waals surface area contributed by atoms with Gasteiger partial charge in [-0.15, -0.1) is 0 Å². The number of benzene rings is 1. The maximum atomic E-state index is 5.85. The van der Waals surface area contributed by atoms with Crippen LogP contribution in [0.15, 0.2) is 60.9 Å². The molecule has 2 heterocycles. The lowest BCUT2D eigenvalue weighted by Crippen LogP contribution is -2.17. The first-order chi connectivity index (χ1) is 11.3. The topological polar surface area (TPSA) is 50.7 Å². The third-order valence-electron chi connectivity index (χ3n) is 3.46. The summed E-state index contributed by atoms with van der Waals surface area (Å²) >= 11 is 5.85. The van der Waals surface area contributed by atoms with E-state index in [1.54, 1.807) is 6.20 Å². The fourth-order valence-corrected chi connectivity index (χ4v) is 2.48. The van der Waals surface area contributed by atoms with Gasteiger partial charge in [0.1, 0.15) is 0 Å². The molecule has 3 aromatic rings. The second-order valence-corrected chi connectivity index (χ2v) is 5.50. The van der Waals surface area contributed by atoms with Crippen LogP contribution >= 0.6 is 11.6 Å². The van der Waals surface area contributed by atoms with E-state index in [9.17, 15) is 0 Å². The van der Waals surface area contributed by atoms with E-state index >= 15 is 0 Å². The smallest absolute Gasteiger partial charge is 0.222 e. The highest BCUT2D eigenvalue weighted by molar-refractivity contribution is 6.28. The van der Waals surface area contributed by atoms with E-state index in [2.05, 4.69) is 32.4 Å². The number of hydrogen-bond donors (Lipinski definition) is 1. The number of rotatable bonds is 6. The van der Waals surface area contributed by atoms with Crippen LogP contribution in [0.4, 0.5) is 0 Å². The molecule has 116 valence electrons. The minimum Gasteiger partial charge on any atom is -0.312 e. The molecule has 1 aromatic carbocycles. The van der Waals surface area contributed by atoms with Gasteiger partial charge >= 0.3 is 0 Å². The van der Waals surface area contributed by atoms with E-state index in [0.717, 1.165) is 36.5 Å². The number of halogens is 1. The summed E-state index contributed by atoms with van der Waals surface area (Å²) in [4.78, 5) is 12.5. The molecule has 0 radical (unpaired) electrons. The van der Waals surface area contributed by atoms with Crippen LogP contribution in [0.1, 0.15) is 11.3 Å². The Morgan fingerprint density at radius 1 is 0.957 bits per heavy atom. The fourth-order valence-electron chi connectivity index (χ4n) is 2.33. The fraction of sp³-hybridized carbons (Fsp3) is 0.167. The van der Waals surface area contributed by atoms with Crippen molar-refractivity contribution < 1.29 is 0 Å². The number of aromatic nitrogens is 3. The Morgan fingerprint density at radius 2 is 1.91 bits per heavy atom. The van der Waals surface area contributed by atoms with Crippen LogP contribution in [0.25, 0.3) is 11.3 Å². The van der Waals surface area contributed by atoms with E-state index in [1.807, 2.05) is 42.6 Å². The van der Waals surface area contributed by atoms with Gasteiger partial charge in [-0.1, -0.05) is 24.3 Å². The first-order valence-electron chi connectivity index (χ1n) is 7.50. The highest BCUT2D eigenvalue weighted by Gasteiger charge is 2.02. The first-order valence-corrected chi connectivity index (χ1v) is 7.87. The molecule has 0 unspecified atom stereocenters. The zero-order valence-corrected chi connectivity index (χ0v) is 13.4. The second-order valence-electron chi connectivity index (χ2n) is 5.16. The monoisotopic (exact) mass is 324 g/mol. The number of nitrogens with zero attached hydrogens (tertiary/aromatic N) is 3. The predicted octanol–water partition coefficient (Wildman–Crippen LogP) is 3.52. The van der Waals surface area contributed by atoms with Gasteiger partial charge in [0.15, 0.2) is 0 Å². The number of pyridine rings is 1. The van der Waals surface area contributed by atoms with Crippen molar-refractivity contribution in [2.24, 2.45) is 0 Å². The van der Waals surface area contributed by atoms with Crippen molar-refractivity contribution in [2.75, 3.05) is 6.54 Å². The number of nitrogens with one attached hydrogen (secondary N) is 1. The maximum Gasteiger partial charge on any atom is 0.222 e. The first kappa shape index (κ1) is 15.6. The van der Waals surface area contributed by atoms with Crippen LogP contribution in [-0.4, -0.2) is 21.5 Å². The largest absolute Gasteiger partial charge is 0.312 e. The molecule has 0 aliphatic heterocycles. The third kappa shape index (κ3) is 4.58. The van der Waals surface area contributed by atoms with Gasteiger partial charge in [-0.05, 0) is 41.4 Å². The number of hydrogen-bond acceptors (Lipinski definition) is 4. The molecule has 0 atom stereocenters. The molecule has 0 spiro atoms. The summed E-state index contributed by atoms with van der Waals surface area (Å²) in [5, 5.41) is 3.71.